The monoisotopic (exact) mass is 178 g/mol. The predicted molar refractivity (Wildman–Crippen MR) is 57.5 cm³/mol. The summed E-state index contributed by atoms with van der Waals surface area (Å²) in [6.45, 7) is 0. The molecule has 0 radical (unpaired) electrons. The minimum atomic E-state index is 1.15. The quantitative estimate of drug-likeness (QED) is 0.388. The van der Waals surface area contributed by atoms with Crippen molar-refractivity contribution >= 4 is 0 Å². The van der Waals surface area contributed by atoms with Crippen LogP contribution in [0.4, 0.5) is 0 Å². The largest absolute Gasteiger partial charge is 0.0617 e. The fourth-order valence-corrected chi connectivity index (χ4v) is 2.95. The maximum absolute atomic E-state index is 2.27. The molecule has 4 rings (SSSR count). The van der Waals surface area contributed by atoms with Crippen molar-refractivity contribution < 1.29 is 0 Å². The Hall–Kier alpha value is -1.56. The Kier molecular flexibility index (Phi) is 1.02. The second-order valence-electron chi connectivity index (χ2n) is 4.26. The average Bonchev–Trinajstić information content (AvgIpc) is 2.74. The number of rotatable bonds is 0. The first-order valence-electron chi connectivity index (χ1n) is 5.15. The van der Waals surface area contributed by atoms with E-state index in [1.165, 1.54) is 22.3 Å². The lowest BCUT2D eigenvalue weighted by Crippen LogP contribution is -1.87. The summed E-state index contributed by atoms with van der Waals surface area (Å²) in [5, 5.41) is 0. The van der Waals surface area contributed by atoms with Crippen LogP contribution in [0.3, 0.4) is 0 Å². The van der Waals surface area contributed by atoms with Crippen LogP contribution in [0.1, 0.15) is 22.3 Å². The normalized spacial score (nSPS) is 14.6. The van der Waals surface area contributed by atoms with Gasteiger partial charge in [0.05, 0.1) is 0 Å². The summed E-state index contributed by atoms with van der Waals surface area (Å²) in [6, 6.07) is 13.5. The molecule has 2 aromatic carbocycles. The van der Waals surface area contributed by atoms with Crippen LogP contribution in [0.5, 0.6) is 0 Å². The lowest BCUT2D eigenvalue weighted by Gasteiger charge is -2.00. The molecule has 0 fully saturated rings. The molecule has 0 atom stereocenters. The molecule has 0 aliphatic heterocycles. The zero-order valence-corrected chi connectivity index (χ0v) is 7.88. The highest BCUT2D eigenvalue weighted by atomic mass is 14.3. The van der Waals surface area contributed by atoms with Crippen molar-refractivity contribution in [3.05, 3.63) is 58.7 Å². The van der Waals surface area contributed by atoms with E-state index in [-0.39, 0.29) is 0 Å². The number of hydrogen-bond donors (Lipinski definition) is 0. The Balaban J connectivity index is 2.22. The first-order chi connectivity index (χ1) is 6.93. The molecular formula is C14H10. The molecule has 66 valence electrons. The highest BCUT2D eigenvalue weighted by Gasteiger charge is 2.28. The second-order valence-corrected chi connectivity index (χ2v) is 4.26. The van der Waals surface area contributed by atoms with Gasteiger partial charge in [-0.25, -0.2) is 0 Å². The second kappa shape index (κ2) is 2.09. The minimum absolute atomic E-state index is 1.15. The summed E-state index contributed by atoms with van der Waals surface area (Å²) < 4.78 is 0. The minimum Gasteiger partial charge on any atom is -0.0617 e. The Morgan fingerprint density at radius 1 is 0.571 bits per heavy atom. The van der Waals surface area contributed by atoms with Crippen LogP contribution >= 0.6 is 0 Å². The molecule has 2 aromatic rings. The van der Waals surface area contributed by atoms with Crippen molar-refractivity contribution in [3.63, 3.8) is 0 Å². The van der Waals surface area contributed by atoms with Crippen LogP contribution in [0.15, 0.2) is 36.4 Å². The van der Waals surface area contributed by atoms with Gasteiger partial charge in [-0.2, -0.15) is 0 Å². The van der Waals surface area contributed by atoms with Gasteiger partial charge in [-0.3, -0.25) is 0 Å². The van der Waals surface area contributed by atoms with Gasteiger partial charge in [0, 0.05) is 0 Å². The molecule has 2 aliphatic carbocycles. The van der Waals surface area contributed by atoms with Crippen LogP contribution < -0.4 is 0 Å². The Morgan fingerprint density at radius 2 is 0.929 bits per heavy atom. The summed E-state index contributed by atoms with van der Waals surface area (Å²) >= 11 is 0. The Morgan fingerprint density at radius 3 is 1.29 bits per heavy atom. The average molecular weight is 178 g/mol. The van der Waals surface area contributed by atoms with E-state index < -0.39 is 0 Å². The van der Waals surface area contributed by atoms with Crippen LogP contribution in [0, 0.1) is 0 Å². The van der Waals surface area contributed by atoms with Crippen molar-refractivity contribution in [2.75, 3.05) is 0 Å². The standard InChI is InChI=1S/C14H10/c1-3-9-7-11-5-2-6-12-8-10(4-1)13(9)14(11)12/h1-6H,7-8H2. The molecule has 0 N–H and O–H groups in total. The lowest BCUT2D eigenvalue weighted by molar-refractivity contribution is 1.19. The fraction of sp³-hybridized carbons (Fsp3) is 0.143. The van der Waals surface area contributed by atoms with Gasteiger partial charge >= 0.3 is 0 Å². The van der Waals surface area contributed by atoms with Gasteiger partial charge in [0.15, 0.2) is 0 Å². The summed E-state index contributed by atoms with van der Waals surface area (Å²) in [5.74, 6) is 0. The van der Waals surface area contributed by atoms with E-state index in [9.17, 15) is 0 Å². The van der Waals surface area contributed by atoms with Crippen LogP contribution in [0.25, 0.3) is 11.1 Å². The van der Waals surface area contributed by atoms with Crippen molar-refractivity contribution in [2.24, 2.45) is 0 Å². The van der Waals surface area contributed by atoms with E-state index in [0.29, 0.717) is 0 Å². The van der Waals surface area contributed by atoms with E-state index in [1.807, 2.05) is 0 Å². The van der Waals surface area contributed by atoms with Crippen molar-refractivity contribution in [1.29, 1.82) is 0 Å². The summed E-state index contributed by atoms with van der Waals surface area (Å²) in [5.41, 5.74) is 9.23. The van der Waals surface area contributed by atoms with Crippen molar-refractivity contribution in [2.45, 2.75) is 12.8 Å². The van der Waals surface area contributed by atoms with Gasteiger partial charge in [0.2, 0.25) is 0 Å². The van der Waals surface area contributed by atoms with Gasteiger partial charge < -0.3 is 0 Å². The van der Waals surface area contributed by atoms with Gasteiger partial charge in [0.1, 0.15) is 0 Å². The smallest absolute Gasteiger partial charge is 0.00132 e. The molecule has 0 heteroatoms. The highest BCUT2D eigenvalue weighted by molar-refractivity contribution is 5.86. The highest BCUT2D eigenvalue weighted by Crippen LogP contribution is 2.46. The fourth-order valence-electron chi connectivity index (χ4n) is 2.95. The zero-order chi connectivity index (χ0) is 9.12. The summed E-state index contributed by atoms with van der Waals surface area (Å²) in [7, 11) is 0. The molecule has 2 aliphatic rings. The van der Waals surface area contributed by atoms with Crippen LogP contribution in [-0.2, 0) is 12.8 Å². The van der Waals surface area contributed by atoms with Gasteiger partial charge in [0.25, 0.3) is 0 Å². The maximum atomic E-state index is 2.27. The molecule has 0 aromatic heterocycles. The van der Waals surface area contributed by atoms with Gasteiger partial charge in [-0.05, 0) is 46.2 Å². The molecule has 0 bridgehead atoms. The third-order valence-electron chi connectivity index (χ3n) is 3.49. The van der Waals surface area contributed by atoms with Crippen LogP contribution in [-0.4, -0.2) is 0 Å². The molecule has 0 amide bonds. The predicted octanol–water partition coefficient (Wildman–Crippen LogP) is 3.16. The number of benzene rings is 2. The molecule has 0 saturated heterocycles. The molecular weight excluding hydrogens is 168 g/mol. The van der Waals surface area contributed by atoms with Gasteiger partial charge in [-0.15, -0.1) is 0 Å². The number of hydrogen-bond acceptors (Lipinski definition) is 0. The maximum Gasteiger partial charge on any atom is -0.00132 e. The molecule has 0 spiro atoms. The van der Waals surface area contributed by atoms with Crippen molar-refractivity contribution in [1.82, 2.24) is 0 Å². The molecule has 0 saturated carbocycles. The zero-order valence-electron chi connectivity index (χ0n) is 7.88. The molecule has 0 nitrogen and oxygen atoms in total. The molecule has 0 unspecified atom stereocenters. The van der Waals surface area contributed by atoms with Gasteiger partial charge in [-0.1, -0.05) is 36.4 Å². The first kappa shape index (κ1) is 6.83. The van der Waals surface area contributed by atoms with Crippen LogP contribution in [0.2, 0.25) is 0 Å². The third-order valence-corrected chi connectivity index (χ3v) is 3.49. The first-order valence-corrected chi connectivity index (χ1v) is 5.15. The summed E-state index contributed by atoms with van der Waals surface area (Å²) in [6.07, 6.45) is 2.29. The lowest BCUT2D eigenvalue weighted by atomic mass is 10.0. The molecule has 0 heterocycles. The SMILES string of the molecule is c1cc2c3c(c1)Cc1cccc(c1-3)C2. The van der Waals surface area contributed by atoms with E-state index in [0.717, 1.165) is 12.8 Å². The van der Waals surface area contributed by atoms with E-state index in [2.05, 4.69) is 36.4 Å². The third kappa shape index (κ3) is 0.630. The van der Waals surface area contributed by atoms with E-state index in [1.54, 1.807) is 11.1 Å². The Labute approximate surface area is 83.2 Å². The Bertz CT molecular complexity index is 458. The van der Waals surface area contributed by atoms with E-state index in [4.69, 9.17) is 0 Å². The van der Waals surface area contributed by atoms with Crippen molar-refractivity contribution in [3.8, 4) is 11.1 Å². The summed E-state index contributed by atoms with van der Waals surface area (Å²) in [4.78, 5) is 0. The topological polar surface area (TPSA) is 0 Å². The molecule has 14 heavy (non-hydrogen) atoms. The van der Waals surface area contributed by atoms with E-state index >= 15 is 0 Å².